The summed E-state index contributed by atoms with van der Waals surface area (Å²) in [5.74, 6) is -1.37. The Morgan fingerprint density at radius 2 is 1.91 bits per heavy atom. The summed E-state index contributed by atoms with van der Waals surface area (Å²) in [5, 5.41) is 9.33. The molecule has 0 bridgehead atoms. The zero-order valence-corrected chi connectivity index (χ0v) is 13.1. The van der Waals surface area contributed by atoms with Gasteiger partial charge in [-0.3, -0.25) is 9.59 Å². The number of aromatic amines is 1. The Balaban J connectivity index is 2.07. The third kappa shape index (κ3) is 2.68. The van der Waals surface area contributed by atoms with E-state index in [1.165, 1.54) is 17.5 Å². The molecule has 2 aromatic heterocycles. The van der Waals surface area contributed by atoms with E-state index in [4.69, 9.17) is 5.11 Å². The first-order valence-corrected chi connectivity index (χ1v) is 7.76. The normalized spacial score (nSPS) is 10.8. The summed E-state index contributed by atoms with van der Waals surface area (Å²) in [6, 6.07) is 9.35. The minimum absolute atomic E-state index is 0.0837. The molecule has 0 radical (unpaired) electrons. The van der Waals surface area contributed by atoms with Gasteiger partial charge in [0.05, 0.1) is 10.3 Å². The van der Waals surface area contributed by atoms with E-state index >= 15 is 0 Å². The topological polar surface area (TPSA) is 87.2 Å². The number of aryl methyl sites for hydroxylation is 1. The summed E-state index contributed by atoms with van der Waals surface area (Å²) in [7, 11) is 0. The van der Waals surface area contributed by atoms with Crippen LogP contribution in [0.2, 0.25) is 0 Å². The van der Waals surface area contributed by atoms with Crippen molar-refractivity contribution >= 4 is 33.3 Å². The van der Waals surface area contributed by atoms with Crippen molar-refractivity contribution in [2.24, 2.45) is 0 Å². The third-order valence-corrected chi connectivity index (χ3v) is 4.92. The van der Waals surface area contributed by atoms with Gasteiger partial charge < -0.3 is 10.1 Å². The number of benzene rings is 1. The summed E-state index contributed by atoms with van der Waals surface area (Å²) in [6.07, 6.45) is 1.42. The highest BCUT2D eigenvalue weighted by molar-refractivity contribution is 7.20. The molecule has 116 valence electrons. The Bertz CT molecular complexity index is 969. The highest BCUT2D eigenvalue weighted by Gasteiger charge is 2.21. The molecule has 3 rings (SSSR count). The minimum Gasteiger partial charge on any atom is -0.477 e. The van der Waals surface area contributed by atoms with Gasteiger partial charge in [-0.05, 0) is 18.1 Å². The van der Waals surface area contributed by atoms with Crippen molar-refractivity contribution in [2.75, 3.05) is 0 Å². The van der Waals surface area contributed by atoms with Crippen LogP contribution in [0.1, 0.15) is 31.2 Å². The number of H-pyrrole nitrogens is 1. The van der Waals surface area contributed by atoms with Gasteiger partial charge in [0.25, 0.3) is 0 Å². The molecule has 0 amide bonds. The van der Waals surface area contributed by atoms with Gasteiger partial charge in [0.15, 0.2) is 5.78 Å². The number of nitrogens with one attached hydrogen (secondary N) is 1. The molecular weight excluding hydrogens is 314 g/mol. The van der Waals surface area contributed by atoms with Crippen molar-refractivity contribution in [2.45, 2.75) is 13.3 Å². The molecule has 0 aliphatic rings. The maximum atomic E-state index is 12.5. The zero-order valence-electron chi connectivity index (χ0n) is 12.3. The van der Waals surface area contributed by atoms with Crippen LogP contribution in [0, 0.1) is 6.92 Å². The van der Waals surface area contributed by atoms with Crippen LogP contribution in [-0.2, 0) is 6.42 Å². The second kappa shape index (κ2) is 5.81. The molecule has 3 aromatic rings. The zero-order chi connectivity index (χ0) is 16.6. The molecule has 0 fully saturated rings. The Morgan fingerprint density at radius 3 is 2.57 bits per heavy atom. The maximum Gasteiger partial charge on any atom is 0.341 e. The molecule has 2 heterocycles. The number of rotatable bonds is 4. The van der Waals surface area contributed by atoms with Crippen molar-refractivity contribution in [3.63, 3.8) is 0 Å². The van der Waals surface area contributed by atoms with Crippen molar-refractivity contribution in [1.29, 1.82) is 0 Å². The molecule has 5 nitrogen and oxygen atoms in total. The molecule has 0 saturated heterocycles. The van der Waals surface area contributed by atoms with E-state index in [0.717, 1.165) is 5.56 Å². The molecule has 0 aliphatic heterocycles. The molecule has 0 aliphatic carbocycles. The smallest absolute Gasteiger partial charge is 0.341 e. The number of carbonyl (C=O) groups is 2. The summed E-state index contributed by atoms with van der Waals surface area (Å²) in [6.45, 7) is 1.68. The van der Waals surface area contributed by atoms with Crippen LogP contribution >= 0.6 is 11.3 Å². The van der Waals surface area contributed by atoms with Gasteiger partial charge in [0, 0.05) is 12.6 Å². The average Bonchev–Trinajstić information content (AvgIpc) is 2.86. The third-order valence-electron chi connectivity index (χ3n) is 3.66. The van der Waals surface area contributed by atoms with E-state index in [2.05, 4.69) is 4.98 Å². The van der Waals surface area contributed by atoms with Gasteiger partial charge in [-0.25, -0.2) is 4.79 Å². The number of carboxylic acid groups (broad SMARTS) is 1. The predicted octanol–water partition coefficient (Wildman–Crippen LogP) is 3.02. The van der Waals surface area contributed by atoms with Crippen molar-refractivity contribution in [1.82, 2.24) is 4.98 Å². The Morgan fingerprint density at radius 1 is 1.22 bits per heavy atom. The number of aromatic carboxylic acids is 1. The van der Waals surface area contributed by atoms with Crippen molar-refractivity contribution < 1.29 is 14.7 Å². The number of hydrogen-bond donors (Lipinski definition) is 2. The number of ketones is 1. The van der Waals surface area contributed by atoms with Crippen LogP contribution < -0.4 is 5.43 Å². The average molecular weight is 327 g/mol. The number of pyridine rings is 1. The lowest BCUT2D eigenvalue weighted by molar-refractivity contribution is 0.0695. The van der Waals surface area contributed by atoms with Crippen LogP contribution in [0.25, 0.3) is 10.2 Å². The fraction of sp³-hybridized carbons (Fsp3) is 0.118. The largest absolute Gasteiger partial charge is 0.477 e. The number of fused-ring (bicyclic) bond motifs is 1. The fourth-order valence-corrected chi connectivity index (χ4v) is 3.62. The number of thiophene rings is 1. The van der Waals surface area contributed by atoms with Crippen LogP contribution in [0.4, 0.5) is 0 Å². The number of Topliss-reactive ketones (excluding diaryl/α,β-unsaturated/α-hetero) is 1. The molecule has 0 saturated carbocycles. The summed E-state index contributed by atoms with van der Waals surface area (Å²) in [5.41, 5.74) is 0.557. The van der Waals surface area contributed by atoms with E-state index in [-0.39, 0.29) is 23.2 Å². The second-order valence-electron chi connectivity index (χ2n) is 5.18. The first-order chi connectivity index (χ1) is 11.0. The van der Waals surface area contributed by atoms with Crippen molar-refractivity contribution in [3.8, 4) is 0 Å². The van der Waals surface area contributed by atoms with Crippen LogP contribution in [0.3, 0.4) is 0 Å². The van der Waals surface area contributed by atoms with Crippen LogP contribution in [-0.4, -0.2) is 21.8 Å². The first-order valence-electron chi connectivity index (χ1n) is 6.94. The standard InChI is InChI=1S/C17H13NO4S/c1-9-13-14(20)11(17(21)22)8-18-16(13)23-15(9)12(19)7-10-5-3-2-4-6-10/h2-6,8H,7H2,1H3,(H,18,20)(H,21,22). The maximum absolute atomic E-state index is 12.5. The van der Waals surface area contributed by atoms with E-state index in [1.807, 2.05) is 30.3 Å². The van der Waals surface area contributed by atoms with Gasteiger partial charge in [-0.1, -0.05) is 30.3 Å². The molecule has 1 aromatic carbocycles. The van der Waals surface area contributed by atoms with Gasteiger partial charge in [0.1, 0.15) is 10.4 Å². The Hall–Kier alpha value is -2.73. The van der Waals surface area contributed by atoms with Crippen LogP contribution in [0.15, 0.2) is 41.3 Å². The predicted molar refractivity (Wildman–Crippen MR) is 88.6 cm³/mol. The Kier molecular flexibility index (Phi) is 3.83. The fourth-order valence-electron chi connectivity index (χ4n) is 2.51. The number of hydrogen-bond acceptors (Lipinski definition) is 4. The van der Waals surface area contributed by atoms with Crippen molar-refractivity contribution in [3.05, 3.63) is 68.3 Å². The highest BCUT2D eigenvalue weighted by Crippen LogP contribution is 2.28. The van der Waals surface area contributed by atoms with E-state index < -0.39 is 11.4 Å². The number of aromatic nitrogens is 1. The van der Waals surface area contributed by atoms with Gasteiger partial charge in [-0.15, -0.1) is 11.3 Å². The first kappa shape index (κ1) is 15.2. The van der Waals surface area contributed by atoms with Gasteiger partial charge in [-0.2, -0.15) is 0 Å². The molecule has 2 N–H and O–H groups in total. The van der Waals surface area contributed by atoms with Crippen LogP contribution in [0.5, 0.6) is 0 Å². The van der Waals surface area contributed by atoms with E-state index in [0.29, 0.717) is 15.3 Å². The lowest BCUT2D eigenvalue weighted by Gasteiger charge is -2.00. The van der Waals surface area contributed by atoms with Gasteiger partial charge >= 0.3 is 5.97 Å². The molecule has 0 spiro atoms. The molecule has 6 heteroatoms. The Labute approximate surface area is 135 Å². The number of carbonyl (C=O) groups excluding carboxylic acids is 1. The summed E-state index contributed by atoms with van der Waals surface area (Å²) < 4.78 is 0. The van der Waals surface area contributed by atoms with E-state index in [1.54, 1.807) is 6.92 Å². The lowest BCUT2D eigenvalue weighted by atomic mass is 10.0. The quantitative estimate of drug-likeness (QED) is 0.721. The molecule has 0 unspecified atom stereocenters. The monoisotopic (exact) mass is 327 g/mol. The molecular formula is C17H13NO4S. The summed E-state index contributed by atoms with van der Waals surface area (Å²) >= 11 is 1.19. The number of carboxylic acids is 1. The molecule has 0 atom stereocenters. The molecule has 23 heavy (non-hydrogen) atoms. The second-order valence-corrected chi connectivity index (χ2v) is 6.20. The van der Waals surface area contributed by atoms with E-state index in [9.17, 15) is 14.4 Å². The van der Waals surface area contributed by atoms with Gasteiger partial charge in [0.2, 0.25) is 5.43 Å². The highest BCUT2D eigenvalue weighted by atomic mass is 32.1. The lowest BCUT2D eigenvalue weighted by Crippen LogP contribution is -2.15. The summed E-state index contributed by atoms with van der Waals surface area (Å²) in [4.78, 5) is 39.7. The minimum atomic E-state index is -1.28. The SMILES string of the molecule is Cc1c(C(=O)Cc2ccccc2)sc2[nH]cc(C(=O)O)c(=O)c12.